The largest absolute Gasteiger partial charge is 0.496 e. The Labute approximate surface area is 121 Å². The third-order valence-corrected chi connectivity index (χ3v) is 2.81. The molecule has 7 heteroatoms. The molecule has 0 saturated carbocycles. The molecule has 0 aliphatic rings. The van der Waals surface area contributed by atoms with Gasteiger partial charge in [0.2, 0.25) is 0 Å². The number of rotatable bonds is 7. The molecule has 1 N–H and O–H groups in total. The Balaban J connectivity index is 3.01. The zero-order valence-corrected chi connectivity index (χ0v) is 12.0. The Bertz CT molecular complexity index is 492. The zero-order chi connectivity index (χ0) is 15.1. The van der Waals surface area contributed by atoms with E-state index >= 15 is 0 Å². The molecule has 1 rings (SSSR count). The van der Waals surface area contributed by atoms with Crippen molar-refractivity contribution in [2.24, 2.45) is 0 Å². The molecule has 110 valence electrons. The monoisotopic (exact) mass is 301 g/mol. The highest BCUT2D eigenvalue weighted by Crippen LogP contribution is 2.24. The lowest BCUT2D eigenvalue weighted by Gasteiger charge is -2.21. The molecule has 0 bridgehead atoms. The Morgan fingerprint density at radius 3 is 2.60 bits per heavy atom. The summed E-state index contributed by atoms with van der Waals surface area (Å²) in [6, 6.07) is 4.56. The van der Waals surface area contributed by atoms with Gasteiger partial charge in [0.1, 0.15) is 12.3 Å². The van der Waals surface area contributed by atoms with E-state index in [0.29, 0.717) is 10.8 Å². The highest BCUT2D eigenvalue weighted by Gasteiger charge is 2.21. The minimum absolute atomic E-state index is 0.174. The topological polar surface area (TPSA) is 76.1 Å². The number of benzene rings is 1. The highest BCUT2D eigenvalue weighted by atomic mass is 35.5. The predicted molar refractivity (Wildman–Crippen MR) is 73.4 cm³/mol. The summed E-state index contributed by atoms with van der Waals surface area (Å²) in [6.45, 7) is 0.0102. The third kappa shape index (κ3) is 4.40. The normalized spacial score (nSPS) is 10.2. The SMILES string of the molecule is COCCN(CC(=O)O)C(=O)c1ccc(Cl)cc1OC. The van der Waals surface area contributed by atoms with Gasteiger partial charge in [-0.2, -0.15) is 0 Å². The number of carboxylic acid groups (broad SMARTS) is 1. The molecule has 1 aromatic carbocycles. The van der Waals surface area contributed by atoms with Crippen LogP contribution in [-0.2, 0) is 9.53 Å². The standard InChI is InChI=1S/C13H16ClNO5/c1-19-6-5-15(8-12(16)17)13(18)10-4-3-9(14)7-11(10)20-2/h3-4,7H,5-6,8H2,1-2H3,(H,16,17). The second-order valence-corrected chi connectivity index (χ2v) is 4.39. The second kappa shape index (κ2) is 7.72. The number of hydrogen-bond donors (Lipinski definition) is 1. The second-order valence-electron chi connectivity index (χ2n) is 3.96. The van der Waals surface area contributed by atoms with Gasteiger partial charge < -0.3 is 19.5 Å². The number of hydrogen-bond acceptors (Lipinski definition) is 4. The van der Waals surface area contributed by atoms with Gasteiger partial charge >= 0.3 is 5.97 Å². The van der Waals surface area contributed by atoms with E-state index in [1.165, 1.54) is 31.3 Å². The Hall–Kier alpha value is -1.79. The van der Waals surface area contributed by atoms with Crippen molar-refractivity contribution in [1.82, 2.24) is 4.90 Å². The van der Waals surface area contributed by atoms with E-state index in [1.54, 1.807) is 6.07 Å². The lowest BCUT2D eigenvalue weighted by molar-refractivity contribution is -0.137. The Morgan fingerprint density at radius 1 is 1.35 bits per heavy atom. The summed E-state index contributed by atoms with van der Waals surface area (Å²) in [5.74, 6) is -1.24. The molecule has 1 amide bonds. The van der Waals surface area contributed by atoms with Gasteiger partial charge in [-0.15, -0.1) is 0 Å². The van der Waals surface area contributed by atoms with Crippen LogP contribution >= 0.6 is 11.6 Å². The van der Waals surface area contributed by atoms with Crippen LogP contribution in [0.1, 0.15) is 10.4 Å². The maximum absolute atomic E-state index is 12.4. The maximum atomic E-state index is 12.4. The van der Waals surface area contributed by atoms with Crippen molar-refractivity contribution in [3.63, 3.8) is 0 Å². The smallest absolute Gasteiger partial charge is 0.323 e. The van der Waals surface area contributed by atoms with Crippen molar-refractivity contribution in [3.05, 3.63) is 28.8 Å². The van der Waals surface area contributed by atoms with Crippen molar-refractivity contribution in [2.45, 2.75) is 0 Å². The van der Waals surface area contributed by atoms with Crippen LogP contribution in [0.15, 0.2) is 18.2 Å². The number of aliphatic carboxylic acids is 1. The van der Waals surface area contributed by atoms with Crippen molar-refractivity contribution >= 4 is 23.5 Å². The molecule has 0 saturated heterocycles. The summed E-state index contributed by atoms with van der Waals surface area (Å²) in [7, 11) is 2.89. The van der Waals surface area contributed by atoms with Gasteiger partial charge in [-0.05, 0) is 18.2 Å². The van der Waals surface area contributed by atoms with E-state index in [1.807, 2.05) is 0 Å². The van der Waals surface area contributed by atoms with Crippen molar-refractivity contribution in [2.75, 3.05) is 33.9 Å². The lowest BCUT2D eigenvalue weighted by atomic mass is 10.1. The average Bonchev–Trinajstić information content (AvgIpc) is 2.42. The van der Waals surface area contributed by atoms with Gasteiger partial charge in [0.15, 0.2) is 0 Å². The lowest BCUT2D eigenvalue weighted by Crippen LogP contribution is -2.38. The summed E-state index contributed by atoms with van der Waals surface area (Å²) < 4.78 is 9.97. The van der Waals surface area contributed by atoms with Gasteiger partial charge in [0, 0.05) is 18.7 Å². The van der Waals surface area contributed by atoms with E-state index in [2.05, 4.69) is 0 Å². The van der Waals surface area contributed by atoms with E-state index in [0.717, 1.165) is 0 Å². The molecule has 0 spiro atoms. The Morgan fingerprint density at radius 2 is 2.05 bits per heavy atom. The molecule has 0 aromatic heterocycles. The maximum Gasteiger partial charge on any atom is 0.323 e. The number of methoxy groups -OCH3 is 2. The summed E-state index contributed by atoms with van der Waals surface area (Å²) >= 11 is 5.83. The summed E-state index contributed by atoms with van der Waals surface area (Å²) in [4.78, 5) is 24.4. The molecule has 0 aliphatic heterocycles. The highest BCUT2D eigenvalue weighted by molar-refractivity contribution is 6.30. The zero-order valence-electron chi connectivity index (χ0n) is 11.3. The molecule has 0 unspecified atom stereocenters. The van der Waals surface area contributed by atoms with Crippen molar-refractivity contribution < 1.29 is 24.2 Å². The van der Waals surface area contributed by atoms with E-state index in [-0.39, 0.29) is 18.7 Å². The van der Waals surface area contributed by atoms with Crippen molar-refractivity contribution in [3.8, 4) is 5.75 Å². The van der Waals surface area contributed by atoms with Gasteiger partial charge in [-0.3, -0.25) is 9.59 Å². The summed E-state index contributed by atoms with van der Waals surface area (Å²) in [5, 5.41) is 9.29. The van der Waals surface area contributed by atoms with Crippen LogP contribution in [0.25, 0.3) is 0 Å². The fourth-order valence-electron chi connectivity index (χ4n) is 1.63. The predicted octanol–water partition coefficient (Wildman–Crippen LogP) is 1.52. The molecule has 0 aliphatic carbocycles. The number of halogens is 1. The minimum Gasteiger partial charge on any atom is -0.496 e. The number of nitrogens with zero attached hydrogens (tertiary/aromatic N) is 1. The van der Waals surface area contributed by atoms with Crippen LogP contribution < -0.4 is 4.74 Å². The molecular weight excluding hydrogens is 286 g/mol. The van der Waals surface area contributed by atoms with E-state index < -0.39 is 18.4 Å². The van der Waals surface area contributed by atoms with E-state index in [4.69, 9.17) is 26.2 Å². The van der Waals surface area contributed by atoms with Crippen LogP contribution in [0.3, 0.4) is 0 Å². The minimum atomic E-state index is -1.10. The molecule has 0 atom stereocenters. The van der Waals surface area contributed by atoms with Gasteiger partial charge in [-0.1, -0.05) is 11.6 Å². The molecule has 20 heavy (non-hydrogen) atoms. The van der Waals surface area contributed by atoms with Crippen LogP contribution in [0.2, 0.25) is 5.02 Å². The quantitative estimate of drug-likeness (QED) is 0.826. The molecule has 6 nitrogen and oxygen atoms in total. The number of amides is 1. The fourth-order valence-corrected chi connectivity index (χ4v) is 1.79. The average molecular weight is 302 g/mol. The summed E-state index contributed by atoms with van der Waals surface area (Å²) in [6.07, 6.45) is 0. The molecule has 0 radical (unpaired) electrons. The van der Waals surface area contributed by atoms with Crippen LogP contribution in [-0.4, -0.2) is 55.8 Å². The molecule has 0 heterocycles. The third-order valence-electron chi connectivity index (χ3n) is 2.57. The first kappa shape index (κ1) is 16.3. The molecule has 0 fully saturated rings. The van der Waals surface area contributed by atoms with Gasteiger partial charge in [0.05, 0.1) is 19.3 Å². The number of ether oxygens (including phenoxy) is 2. The first-order chi connectivity index (χ1) is 9.49. The summed E-state index contributed by atoms with van der Waals surface area (Å²) in [5.41, 5.74) is 0.259. The van der Waals surface area contributed by atoms with Crippen LogP contribution in [0.5, 0.6) is 5.75 Å². The first-order valence-corrected chi connectivity index (χ1v) is 6.21. The van der Waals surface area contributed by atoms with E-state index in [9.17, 15) is 9.59 Å². The van der Waals surface area contributed by atoms with Crippen LogP contribution in [0.4, 0.5) is 0 Å². The molecular formula is C13H16ClNO5. The number of carbonyl (C=O) groups excluding carboxylic acids is 1. The first-order valence-electron chi connectivity index (χ1n) is 5.83. The number of carboxylic acids is 1. The molecule has 1 aromatic rings. The van der Waals surface area contributed by atoms with Gasteiger partial charge in [0.25, 0.3) is 5.91 Å². The van der Waals surface area contributed by atoms with Crippen molar-refractivity contribution in [1.29, 1.82) is 0 Å². The fraction of sp³-hybridized carbons (Fsp3) is 0.385. The van der Waals surface area contributed by atoms with Crippen LogP contribution in [0, 0.1) is 0 Å². The Kier molecular flexibility index (Phi) is 6.27. The van der Waals surface area contributed by atoms with Gasteiger partial charge in [-0.25, -0.2) is 0 Å². The number of carbonyl (C=O) groups is 2.